The first kappa shape index (κ1) is 18.0. The van der Waals surface area contributed by atoms with Crippen molar-refractivity contribution in [3.63, 3.8) is 0 Å². The lowest BCUT2D eigenvalue weighted by atomic mass is 9.87. The van der Waals surface area contributed by atoms with Gasteiger partial charge in [-0.3, -0.25) is 0 Å². The van der Waals surface area contributed by atoms with E-state index < -0.39 is 6.10 Å². The van der Waals surface area contributed by atoms with Crippen LogP contribution >= 0.6 is 0 Å². The number of allylic oxidation sites excluding steroid dienone is 5. The van der Waals surface area contributed by atoms with E-state index in [0.717, 1.165) is 44.1 Å². The molecule has 0 aromatic carbocycles. The van der Waals surface area contributed by atoms with E-state index in [0.29, 0.717) is 0 Å². The lowest BCUT2D eigenvalue weighted by Gasteiger charge is -2.22. The Kier molecular flexibility index (Phi) is 7.74. The van der Waals surface area contributed by atoms with E-state index in [2.05, 4.69) is 39.5 Å². The molecule has 21 heavy (non-hydrogen) atoms. The summed E-state index contributed by atoms with van der Waals surface area (Å²) in [6.07, 6.45) is 12.8. The fraction of sp³-hybridized carbons (Fsp3) is 0.600. The molecular formula is C20H32O. The Morgan fingerprint density at radius 2 is 1.52 bits per heavy atom. The molecule has 1 heteroatoms. The van der Waals surface area contributed by atoms with Gasteiger partial charge < -0.3 is 5.11 Å². The monoisotopic (exact) mass is 288 g/mol. The molecule has 1 N–H and O–H groups in total. The van der Waals surface area contributed by atoms with Crippen LogP contribution in [0.2, 0.25) is 0 Å². The molecule has 0 spiro atoms. The van der Waals surface area contributed by atoms with E-state index in [9.17, 15) is 5.11 Å². The zero-order valence-corrected chi connectivity index (χ0v) is 14.3. The molecule has 1 rings (SSSR count). The predicted octanol–water partition coefficient (Wildman–Crippen LogP) is 5.73. The standard InChI is InChI=1S/C20H32O/c1-15(2)19-13-12-17(4)10-6-8-16(3)9-7-11-18(5)14-20(19)21/h9-10,14,19-21H,1,6-8,11-13H2,2-5H3/b16-9+,17-10+,18-14+. The van der Waals surface area contributed by atoms with Gasteiger partial charge in [0.15, 0.2) is 0 Å². The molecule has 0 bridgehead atoms. The maximum absolute atomic E-state index is 10.5. The maximum Gasteiger partial charge on any atom is 0.0788 e. The number of aliphatic hydroxyl groups is 1. The molecule has 0 heterocycles. The van der Waals surface area contributed by atoms with Crippen molar-refractivity contribution < 1.29 is 5.11 Å². The second-order valence-corrected chi connectivity index (χ2v) is 6.67. The minimum atomic E-state index is -0.400. The van der Waals surface area contributed by atoms with Crippen LogP contribution in [0, 0.1) is 5.92 Å². The first-order chi connectivity index (χ1) is 9.90. The van der Waals surface area contributed by atoms with E-state index in [4.69, 9.17) is 0 Å². The molecule has 0 amide bonds. The number of aliphatic hydroxyl groups excluding tert-OH is 1. The lowest BCUT2D eigenvalue weighted by Crippen LogP contribution is -2.19. The van der Waals surface area contributed by atoms with E-state index in [1.807, 2.05) is 13.0 Å². The first-order valence-electron chi connectivity index (χ1n) is 8.22. The molecule has 0 fully saturated rings. The third-order valence-corrected chi connectivity index (χ3v) is 4.41. The van der Waals surface area contributed by atoms with Gasteiger partial charge in [0.2, 0.25) is 0 Å². The summed E-state index contributed by atoms with van der Waals surface area (Å²) in [5.41, 5.74) is 5.27. The van der Waals surface area contributed by atoms with Gasteiger partial charge in [-0.1, -0.05) is 47.1 Å². The molecule has 0 aromatic rings. The SMILES string of the molecule is C=C(C)C1CC/C(C)=C/CC/C(C)=C/CC/C(C)=C/C1O. The van der Waals surface area contributed by atoms with Gasteiger partial charge in [0.1, 0.15) is 0 Å². The molecule has 0 radical (unpaired) electrons. The smallest absolute Gasteiger partial charge is 0.0788 e. The van der Waals surface area contributed by atoms with Crippen molar-refractivity contribution in [3.05, 3.63) is 47.1 Å². The molecule has 1 aliphatic rings. The first-order valence-corrected chi connectivity index (χ1v) is 8.22. The third kappa shape index (κ3) is 6.95. The fourth-order valence-corrected chi connectivity index (χ4v) is 2.88. The summed E-state index contributed by atoms with van der Waals surface area (Å²) < 4.78 is 0. The molecular weight excluding hydrogens is 256 g/mol. The maximum atomic E-state index is 10.5. The van der Waals surface area contributed by atoms with Crippen molar-refractivity contribution >= 4 is 0 Å². The highest BCUT2D eigenvalue weighted by atomic mass is 16.3. The highest BCUT2D eigenvalue weighted by Gasteiger charge is 2.18. The molecule has 0 aromatic heterocycles. The van der Waals surface area contributed by atoms with Gasteiger partial charge in [-0.25, -0.2) is 0 Å². The van der Waals surface area contributed by atoms with Gasteiger partial charge in [-0.05, 0) is 66.2 Å². The van der Waals surface area contributed by atoms with Crippen molar-refractivity contribution in [2.75, 3.05) is 0 Å². The van der Waals surface area contributed by atoms with Crippen LogP contribution < -0.4 is 0 Å². The number of rotatable bonds is 1. The van der Waals surface area contributed by atoms with Crippen molar-refractivity contribution in [1.82, 2.24) is 0 Å². The Balaban J connectivity index is 2.90. The fourth-order valence-electron chi connectivity index (χ4n) is 2.88. The van der Waals surface area contributed by atoms with Crippen LogP contribution in [0.25, 0.3) is 0 Å². The van der Waals surface area contributed by atoms with Gasteiger partial charge in [0.05, 0.1) is 6.10 Å². The second kappa shape index (κ2) is 9.04. The van der Waals surface area contributed by atoms with E-state index in [-0.39, 0.29) is 5.92 Å². The van der Waals surface area contributed by atoms with Crippen LogP contribution in [0.1, 0.15) is 66.2 Å². The summed E-state index contributed by atoms with van der Waals surface area (Å²) in [5, 5.41) is 10.5. The molecule has 0 saturated heterocycles. The highest BCUT2D eigenvalue weighted by molar-refractivity contribution is 5.13. The van der Waals surface area contributed by atoms with E-state index >= 15 is 0 Å². The number of hydrogen-bond donors (Lipinski definition) is 1. The van der Waals surface area contributed by atoms with E-state index in [1.54, 1.807) is 0 Å². The van der Waals surface area contributed by atoms with Gasteiger partial charge in [-0.15, -0.1) is 0 Å². The Hall–Kier alpha value is -1.08. The Bertz CT molecular complexity index is 437. The normalized spacial score (nSPS) is 33.7. The summed E-state index contributed by atoms with van der Waals surface area (Å²) in [6.45, 7) is 12.7. The largest absolute Gasteiger partial charge is 0.388 e. The summed E-state index contributed by atoms with van der Waals surface area (Å²) in [4.78, 5) is 0. The predicted molar refractivity (Wildman–Crippen MR) is 93.3 cm³/mol. The minimum absolute atomic E-state index is 0.170. The lowest BCUT2D eigenvalue weighted by molar-refractivity contribution is 0.165. The Labute approximate surface area is 131 Å². The molecule has 118 valence electrons. The van der Waals surface area contributed by atoms with Crippen molar-refractivity contribution in [1.29, 1.82) is 0 Å². The van der Waals surface area contributed by atoms with Gasteiger partial charge >= 0.3 is 0 Å². The molecule has 1 nitrogen and oxygen atoms in total. The molecule has 1 aliphatic carbocycles. The van der Waals surface area contributed by atoms with Crippen molar-refractivity contribution in [3.8, 4) is 0 Å². The third-order valence-electron chi connectivity index (χ3n) is 4.41. The van der Waals surface area contributed by atoms with Crippen LogP contribution in [-0.4, -0.2) is 11.2 Å². The van der Waals surface area contributed by atoms with Crippen LogP contribution in [0.15, 0.2) is 47.1 Å². The molecule has 2 atom stereocenters. The minimum Gasteiger partial charge on any atom is -0.388 e. The van der Waals surface area contributed by atoms with Crippen molar-refractivity contribution in [2.45, 2.75) is 72.3 Å². The zero-order valence-electron chi connectivity index (χ0n) is 14.3. The summed E-state index contributed by atoms with van der Waals surface area (Å²) in [7, 11) is 0. The summed E-state index contributed by atoms with van der Waals surface area (Å²) in [5.74, 6) is 0.170. The quantitative estimate of drug-likeness (QED) is 0.611. The zero-order chi connectivity index (χ0) is 15.8. The second-order valence-electron chi connectivity index (χ2n) is 6.67. The Morgan fingerprint density at radius 3 is 2.10 bits per heavy atom. The summed E-state index contributed by atoms with van der Waals surface area (Å²) in [6, 6.07) is 0. The molecule has 2 unspecified atom stereocenters. The van der Waals surface area contributed by atoms with Gasteiger partial charge in [0, 0.05) is 5.92 Å². The molecule has 0 saturated carbocycles. The average Bonchev–Trinajstić information content (AvgIpc) is 2.37. The number of hydrogen-bond acceptors (Lipinski definition) is 1. The van der Waals surface area contributed by atoms with Gasteiger partial charge in [-0.2, -0.15) is 0 Å². The van der Waals surface area contributed by atoms with Crippen LogP contribution in [0.5, 0.6) is 0 Å². The van der Waals surface area contributed by atoms with Gasteiger partial charge in [0.25, 0.3) is 0 Å². The highest BCUT2D eigenvalue weighted by Crippen LogP contribution is 2.25. The van der Waals surface area contributed by atoms with E-state index in [1.165, 1.54) is 16.7 Å². The molecule has 0 aliphatic heterocycles. The van der Waals surface area contributed by atoms with Crippen LogP contribution in [0.4, 0.5) is 0 Å². The topological polar surface area (TPSA) is 20.2 Å². The van der Waals surface area contributed by atoms with Crippen molar-refractivity contribution in [2.24, 2.45) is 5.92 Å². The van der Waals surface area contributed by atoms with Crippen LogP contribution in [0.3, 0.4) is 0 Å². The Morgan fingerprint density at radius 1 is 1.00 bits per heavy atom. The average molecular weight is 288 g/mol. The van der Waals surface area contributed by atoms with Crippen LogP contribution in [-0.2, 0) is 0 Å². The summed E-state index contributed by atoms with van der Waals surface area (Å²) >= 11 is 0.